The molecule has 126 valence electrons. The van der Waals surface area contributed by atoms with Crippen LogP contribution in [0.5, 0.6) is 11.5 Å². The van der Waals surface area contributed by atoms with Gasteiger partial charge in [-0.2, -0.15) is 0 Å². The average Bonchev–Trinajstić information content (AvgIpc) is 2.59. The van der Waals surface area contributed by atoms with Gasteiger partial charge in [0.05, 0.1) is 6.04 Å². The summed E-state index contributed by atoms with van der Waals surface area (Å²) >= 11 is 0. The van der Waals surface area contributed by atoms with E-state index in [4.69, 9.17) is 9.47 Å². The van der Waals surface area contributed by atoms with Gasteiger partial charge >= 0.3 is 0 Å². The van der Waals surface area contributed by atoms with Crippen molar-refractivity contribution in [1.29, 1.82) is 0 Å². The number of aromatic amines is 1. The van der Waals surface area contributed by atoms with E-state index in [-0.39, 0.29) is 17.2 Å². The molecule has 1 amide bonds. The quantitative estimate of drug-likeness (QED) is 0.903. The molecule has 0 saturated heterocycles. The van der Waals surface area contributed by atoms with Crippen LogP contribution in [0.15, 0.2) is 35.1 Å². The smallest absolute Gasteiger partial charge is 0.260 e. The molecule has 0 spiro atoms. The molecular formula is C18H20N2O4. The molecule has 2 N–H and O–H groups in total. The van der Waals surface area contributed by atoms with E-state index in [2.05, 4.69) is 10.3 Å². The zero-order valence-corrected chi connectivity index (χ0v) is 13.7. The van der Waals surface area contributed by atoms with Crippen molar-refractivity contribution in [2.75, 3.05) is 13.2 Å². The van der Waals surface area contributed by atoms with Crippen molar-refractivity contribution in [1.82, 2.24) is 10.3 Å². The van der Waals surface area contributed by atoms with Crippen LogP contribution in [0.25, 0.3) is 0 Å². The van der Waals surface area contributed by atoms with Crippen molar-refractivity contribution in [3.05, 3.63) is 57.5 Å². The number of hydrogen-bond donors (Lipinski definition) is 2. The lowest BCUT2D eigenvalue weighted by atomic mass is 10.0. The maximum Gasteiger partial charge on any atom is 0.260 e. The number of rotatable bonds is 4. The second kappa shape index (κ2) is 6.78. The second-order valence-corrected chi connectivity index (χ2v) is 5.72. The van der Waals surface area contributed by atoms with E-state index >= 15 is 0 Å². The number of ether oxygens (including phenoxy) is 2. The van der Waals surface area contributed by atoms with E-state index in [0.717, 1.165) is 11.3 Å². The van der Waals surface area contributed by atoms with Crippen molar-refractivity contribution in [2.45, 2.75) is 26.3 Å². The van der Waals surface area contributed by atoms with E-state index in [1.54, 1.807) is 19.1 Å². The average molecular weight is 328 g/mol. The van der Waals surface area contributed by atoms with Gasteiger partial charge in [-0.25, -0.2) is 0 Å². The maximum atomic E-state index is 12.4. The molecule has 2 heterocycles. The van der Waals surface area contributed by atoms with E-state index in [0.29, 0.717) is 31.1 Å². The largest absolute Gasteiger partial charge is 0.486 e. The standard InChI is InChI=1S/C18H20N2O4/c1-3-14(12-5-7-15-16(10-12)24-9-8-23-15)20-18(22)13-6-4-11(2)19-17(13)21/h4-7,10,14H,3,8-9H2,1-2H3,(H,19,21)(H,20,22). The van der Waals surface area contributed by atoms with Crippen LogP contribution in [0.4, 0.5) is 0 Å². The number of fused-ring (bicyclic) bond motifs is 1. The summed E-state index contributed by atoms with van der Waals surface area (Å²) in [5, 5.41) is 2.91. The van der Waals surface area contributed by atoms with E-state index in [1.165, 1.54) is 0 Å². The minimum absolute atomic E-state index is 0.108. The van der Waals surface area contributed by atoms with Gasteiger partial charge in [0.2, 0.25) is 0 Å². The van der Waals surface area contributed by atoms with Gasteiger partial charge < -0.3 is 19.8 Å². The third-order valence-corrected chi connectivity index (χ3v) is 3.98. The van der Waals surface area contributed by atoms with Crippen molar-refractivity contribution in [3.63, 3.8) is 0 Å². The number of carbonyl (C=O) groups excluding carboxylic acids is 1. The fraction of sp³-hybridized carbons (Fsp3) is 0.333. The Kier molecular flexibility index (Phi) is 4.55. The zero-order valence-electron chi connectivity index (χ0n) is 13.7. The van der Waals surface area contributed by atoms with Crippen LogP contribution in [-0.4, -0.2) is 24.1 Å². The van der Waals surface area contributed by atoms with Gasteiger partial charge in [0.25, 0.3) is 11.5 Å². The normalized spacial score (nSPS) is 14.1. The maximum absolute atomic E-state index is 12.4. The first-order valence-electron chi connectivity index (χ1n) is 7.99. The first-order valence-corrected chi connectivity index (χ1v) is 7.99. The summed E-state index contributed by atoms with van der Waals surface area (Å²) in [6.45, 7) is 4.79. The van der Waals surface area contributed by atoms with Crippen LogP contribution >= 0.6 is 0 Å². The monoisotopic (exact) mass is 328 g/mol. The SMILES string of the molecule is CCC(NC(=O)c1ccc(C)[nH]c1=O)c1ccc2c(c1)OCCO2. The summed E-state index contributed by atoms with van der Waals surface area (Å²) < 4.78 is 11.1. The zero-order chi connectivity index (χ0) is 17.1. The van der Waals surface area contributed by atoms with Crippen molar-refractivity contribution in [3.8, 4) is 11.5 Å². The number of carbonyl (C=O) groups is 1. The minimum atomic E-state index is -0.391. The van der Waals surface area contributed by atoms with Crippen molar-refractivity contribution < 1.29 is 14.3 Å². The molecule has 1 aliphatic rings. The highest BCUT2D eigenvalue weighted by Gasteiger charge is 2.19. The molecule has 1 aliphatic heterocycles. The van der Waals surface area contributed by atoms with Crippen LogP contribution < -0.4 is 20.3 Å². The van der Waals surface area contributed by atoms with Crippen LogP contribution in [0.1, 0.15) is 41.0 Å². The highest BCUT2D eigenvalue weighted by atomic mass is 16.6. The number of H-pyrrole nitrogens is 1. The molecule has 0 radical (unpaired) electrons. The third-order valence-electron chi connectivity index (χ3n) is 3.98. The van der Waals surface area contributed by atoms with Crippen molar-refractivity contribution in [2.24, 2.45) is 0 Å². The summed E-state index contributed by atoms with van der Waals surface area (Å²) in [6, 6.07) is 8.66. The Labute approximate surface area is 139 Å². The molecule has 1 aromatic carbocycles. The highest BCUT2D eigenvalue weighted by molar-refractivity contribution is 5.94. The number of aryl methyl sites for hydroxylation is 1. The lowest BCUT2D eigenvalue weighted by molar-refractivity contribution is 0.0934. The first kappa shape index (κ1) is 16.1. The molecular weight excluding hydrogens is 308 g/mol. The molecule has 0 fully saturated rings. The third kappa shape index (κ3) is 3.27. The predicted octanol–water partition coefficient (Wildman–Crippen LogP) is 2.34. The molecule has 0 saturated carbocycles. The van der Waals surface area contributed by atoms with E-state index < -0.39 is 5.91 Å². The second-order valence-electron chi connectivity index (χ2n) is 5.72. The Morgan fingerprint density at radius 1 is 1.21 bits per heavy atom. The van der Waals surface area contributed by atoms with Gasteiger partial charge in [0.1, 0.15) is 18.8 Å². The summed E-state index contributed by atoms with van der Waals surface area (Å²) in [4.78, 5) is 27.0. The Bertz CT molecular complexity index is 813. The molecule has 0 bridgehead atoms. The Morgan fingerprint density at radius 3 is 2.67 bits per heavy atom. The summed E-state index contributed by atoms with van der Waals surface area (Å²) in [5.74, 6) is 0.999. The fourth-order valence-corrected chi connectivity index (χ4v) is 2.68. The number of nitrogens with one attached hydrogen (secondary N) is 2. The molecule has 0 aliphatic carbocycles. The topological polar surface area (TPSA) is 80.4 Å². The van der Waals surface area contributed by atoms with Crippen LogP contribution in [0, 0.1) is 6.92 Å². The van der Waals surface area contributed by atoms with Crippen LogP contribution in [0.3, 0.4) is 0 Å². The molecule has 24 heavy (non-hydrogen) atoms. The van der Waals surface area contributed by atoms with E-state index in [1.807, 2.05) is 25.1 Å². The Balaban J connectivity index is 1.81. The minimum Gasteiger partial charge on any atom is -0.486 e. The molecule has 1 unspecified atom stereocenters. The number of aromatic nitrogens is 1. The van der Waals surface area contributed by atoms with Crippen LogP contribution in [-0.2, 0) is 0 Å². The van der Waals surface area contributed by atoms with Gasteiger partial charge in [-0.05, 0) is 43.2 Å². The summed E-state index contributed by atoms with van der Waals surface area (Å²) in [7, 11) is 0. The van der Waals surface area contributed by atoms with Gasteiger partial charge in [0, 0.05) is 5.69 Å². The number of hydrogen-bond acceptors (Lipinski definition) is 4. The molecule has 3 rings (SSSR count). The number of amides is 1. The molecule has 1 atom stereocenters. The van der Waals surface area contributed by atoms with E-state index in [9.17, 15) is 9.59 Å². The lowest BCUT2D eigenvalue weighted by Gasteiger charge is -2.22. The predicted molar refractivity (Wildman–Crippen MR) is 89.7 cm³/mol. The Morgan fingerprint density at radius 2 is 1.96 bits per heavy atom. The number of pyridine rings is 1. The van der Waals surface area contributed by atoms with Gasteiger partial charge in [-0.1, -0.05) is 13.0 Å². The van der Waals surface area contributed by atoms with Gasteiger partial charge in [-0.3, -0.25) is 9.59 Å². The molecule has 1 aromatic heterocycles. The first-order chi connectivity index (χ1) is 11.6. The Hall–Kier alpha value is -2.76. The van der Waals surface area contributed by atoms with Crippen molar-refractivity contribution >= 4 is 5.91 Å². The van der Waals surface area contributed by atoms with Gasteiger partial charge in [0.15, 0.2) is 11.5 Å². The summed E-state index contributed by atoms with van der Waals surface area (Å²) in [6.07, 6.45) is 0.690. The lowest BCUT2D eigenvalue weighted by Crippen LogP contribution is -2.32. The molecule has 6 heteroatoms. The number of benzene rings is 1. The highest BCUT2D eigenvalue weighted by Crippen LogP contribution is 2.33. The van der Waals surface area contributed by atoms with Crippen LogP contribution in [0.2, 0.25) is 0 Å². The molecule has 2 aromatic rings. The summed E-state index contributed by atoms with van der Waals surface area (Å²) in [5.41, 5.74) is 1.36. The van der Waals surface area contributed by atoms with Gasteiger partial charge in [-0.15, -0.1) is 0 Å². The fourth-order valence-electron chi connectivity index (χ4n) is 2.68. The molecule has 6 nitrogen and oxygen atoms in total.